The molecular weight excluding hydrogens is 352 g/mol. The summed E-state index contributed by atoms with van der Waals surface area (Å²) in [5, 5.41) is 9.41. The molecule has 2 aromatic carbocycles. The van der Waals surface area contributed by atoms with E-state index in [-0.39, 0.29) is 5.91 Å². The van der Waals surface area contributed by atoms with Crippen LogP contribution in [0.25, 0.3) is 0 Å². The minimum atomic E-state index is -0.0640. The highest BCUT2D eigenvalue weighted by Gasteiger charge is 2.06. The maximum Gasteiger partial charge on any atom is 0.251 e. The van der Waals surface area contributed by atoms with E-state index in [4.69, 9.17) is 4.74 Å². The van der Waals surface area contributed by atoms with Crippen molar-refractivity contribution in [3.63, 3.8) is 0 Å². The number of carbonyl (C=O) groups is 1. The van der Waals surface area contributed by atoms with Gasteiger partial charge in [0.2, 0.25) is 0 Å². The van der Waals surface area contributed by atoms with Crippen molar-refractivity contribution in [2.45, 2.75) is 33.9 Å². The van der Waals surface area contributed by atoms with Crippen LogP contribution in [-0.2, 0) is 13.1 Å². The third kappa shape index (κ3) is 6.61. The molecule has 3 N–H and O–H groups in total. The van der Waals surface area contributed by atoms with Crippen LogP contribution < -0.4 is 20.7 Å². The van der Waals surface area contributed by atoms with Gasteiger partial charge in [0.15, 0.2) is 5.96 Å². The monoisotopic (exact) mass is 382 g/mol. The van der Waals surface area contributed by atoms with Gasteiger partial charge in [-0.05, 0) is 44.5 Å². The van der Waals surface area contributed by atoms with Crippen LogP contribution in [0.3, 0.4) is 0 Å². The lowest BCUT2D eigenvalue weighted by molar-refractivity contribution is 0.0955. The van der Waals surface area contributed by atoms with Crippen molar-refractivity contribution in [3.8, 4) is 5.75 Å². The second kappa shape index (κ2) is 11.6. The standard InChI is InChI=1S/C22H30N4O2/c1-4-23-21(27)18-12-9-10-17(14-18)15-25-22(24-5-2)26-16-19-11-7-8-13-20(19)28-6-3/h7-14H,4-6,15-16H2,1-3H3,(H,23,27)(H2,24,25,26). The van der Waals surface area contributed by atoms with Crippen LogP contribution in [0.2, 0.25) is 0 Å². The van der Waals surface area contributed by atoms with E-state index in [1.807, 2.05) is 69.3 Å². The molecule has 0 aromatic heterocycles. The summed E-state index contributed by atoms with van der Waals surface area (Å²) >= 11 is 0. The van der Waals surface area contributed by atoms with Crippen molar-refractivity contribution in [3.05, 3.63) is 65.2 Å². The second-order valence-electron chi connectivity index (χ2n) is 6.15. The maximum absolute atomic E-state index is 12.0. The molecule has 1 amide bonds. The Morgan fingerprint density at radius 1 is 0.964 bits per heavy atom. The molecule has 0 aliphatic heterocycles. The molecule has 150 valence electrons. The van der Waals surface area contributed by atoms with Gasteiger partial charge in [-0.3, -0.25) is 4.79 Å². The SMILES string of the molecule is CCNC(=O)c1cccc(CN=C(NCC)NCc2ccccc2OCC)c1. The van der Waals surface area contributed by atoms with Crippen LogP contribution in [0.1, 0.15) is 42.3 Å². The van der Waals surface area contributed by atoms with E-state index in [9.17, 15) is 4.79 Å². The summed E-state index contributed by atoms with van der Waals surface area (Å²) in [7, 11) is 0. The number of hydrogen-bond acceptors (Lipinski definition) is 3. The number of para-hydroxylation sites is 1. The third-order valence-electron chi connectivity index (χ3n) is 4.01. The van der Waals surface area contributed by atoms with Crippen molar-refractivity contribution in [1.82, 2.24) is 16.0 Å². The maximum atomic E-state index is 12.0. The van der Waals surface area contributed by atoms with Crippen molar-refractivity contribution in [2.24, 2.45) is 4.99 Å². The Hall–Kier alpha value is -3.02. The first kappa shape index (κ1) is 21.3. The van der Waals surface area contributed by atoms with Gasteiger partial charge in [-0.25, -0.2) is 4.99 Å². The minimum Gasteiger partial charge on any atom is -0.494 e. The molecular formula is C22H30N4O2. The molecule has 0 unspecified atom stereocenters. The molecule has 28 heavy (non-hydrogen) atoms. The van der Waals surface area contributed by atoms with Crippen LogP contribution in [0, 0.1) is 0 Å². The van der Waals surface area contributed by atoms with Gasteiger partial charge in [0.25, 0.3) is 5.91 Å². The Labute approximate surface area is 167 Å². The lowest BCUT2D eigenvalue weighted by Crippen LogP contribution is -2.36. The molecule has 0 spiro atoms. The molecule has 0 fully saturated rings. The van der Waals surface area contributed by atoms with Gasteiger partial charge in [0.05, 0.1) is 13.2 Å². The number of amides is 1. The van der Waals surface area contributed by atoms with Gasteiger partial charge >= 0.3 is 0 Å². The van der Waals surface area contributed by atoms with Gasteiger partial charge in [0.1, 0.15) is 5.75 Å². The quantitative estimate of drug-likeness (QED) is 0.460. The molecule has 0 radical (unpaired) electrons. The van der Waals surface area contributed by atoms with E-state index < -0.39 is 0 Å². The summed E-state index contributed by atoms with van der Waals surface area (Å²) < 4.78 is 5.68. The van der Waals surface area contributed by atoms with Crippen molar-refractivity contribution < 1.29 is 9.53 Å². The molecule has 0 aliphatic carbocycles. The number of benzene rings is 2. The van der Waals surface area contributed by atoms with E-state index in [0.717, 1.165) is 29.4 Å². The number of nitrogens with one attached hydrogen (secondary N) is 3. The van der Waals surface area contributed by atoms with Crippen LogP contribution in [0.15, 0.2) is 53.5 Å². The van der Waals surface area contributed by atoms with Crippen molar-refractivity contribution in [1.29, 1.82) is 0 Å². The lowest BCUT2D eigenvalue weighted by Gasteiger charge is -2.14. The van der Waals surface area contributed by atoms with E-state index in [0.29, 0.717) is 31.8 Å². The number of guanidine groups is 1. The Bertz CT molecular complexity index is 790. The second-order valence-corrected chi connectivity index (χ2v) is 6.15. The topological polar surface area (TPSA) is 74.8 Å². The first-order valence-corrected chi connectivity index (χ1v) is 9.77. The average molecular weight is 383 g/mol. The first-order chi connectivity index (χ1) is 13.7. The summed E-state index contributed by atoms with van der Waals surface area (Å²) in [6, 6.07) is 15.5. The van der Waals surface area contributed by atoms with Crippen molar-refractivity contribution in [2.75, 3.05) is 19.7 Å². The summed E-state index contributed by atoms with van der Waals surface area (Å²) in [6.45, 7) is 9.01. The molecule has 0 aliphatic rings. The normalized spacial score (nSPS) is 11.0. The molecule has 0 heterocycles. The number of nitrogens with zero attached hydrogens (tertiary/aromatic N) is 1. The van der Waals surface area contributed by atoms with Crippen LogP contribution in [0.4, 0.5) is 0 Å². The Balaban J connectivity index is 2.05. The van der Waals surface area contributed by atoms with E-state index in [2.05, 4.69) is 20.9 Å². The Morgan fingerprint density at radius 2 is 1.75 bits per heavy atom. The highest BCUT2D eigenvalue weighted by atomic mass is 16.5. The predicted octanol–water partition coefficient (Wildman–Crippen LogP) is 3.09. The fourth-order valence-corrected chi connectivity index (χ4v) is 2.71. The summed E-state index contributed by atoms with van der Waals surface area (Å²) in [5.74, 6) is 1.53. The van der Waals surface area contributed by atoms with Crippen LogP contribution >= 0.6 is 0 Å². The summed E-state index contributed by atoms with van der Waals surface area (Å²) in [6.07, 6.45) is 0. The summed E-state index contributed by atoms with van der Waals surface area (Å²) in [4.78, 5) is 16.6. The number of aliphatic imine (C=N–C) groups is 1. The molecule has 0 atom stereocenters. The Morgan fingerprint density at radius 3 is 2.50 bits per heavy atom. The molecule has 0 saturated carbocycles. The number of rotatable bonds is 9. The smallest absolute Gasteiger partial charge is 0.251 e. The highest BCUT2D eigenvalue weighted by Crippen LogP contribution is 2.17. The fraction of sp³-hybridized carbons (Fsp3) is 0.364. The van der Waals surface area contributed by atoms with E-state index in [1.165, 1.54) is 0 Å². The molecule has 0 bridgehead atoms. The lowest BCUT2D eigenvalue weighted by atomic mass is 10.1. The van der Waals surface area contributed by atoms with Gasteiger partial charge < -0.3 is 20.7 Å². The van der Waals surface area contributed by atoms with Gasteiger partial charge in [0, 0.05) is 30.8 Å². The Kier molecular flexibility index (Phi) is 8.85. The van der Waals surface area contributed by atoms with Crippen molar-refractivity contribution >= 4 is 11.9 Å². The van der Waals surface area contributed by atoms with Crippen LogP contribution in [0.5, 0.6) is 5.75 Å². The first-order valence-electron chi connectivity index (χ1n) is 9.77. The molecule has 0 saturated heterocycles. The minimum absolute atomic E-state index is 0.0640. The van der Waals surface area contributed by atoms with Gasteiger partial charge in [-0.2, -0.15) is 0 Å². The molecule has 2 aromatic rings. The third-order valence-corrected chi connectivity index (χ3v) is 4.01. The van der Waals surface area contributed by atoms with Gasteiger partial charge in [-0.15, -0.1) is 0 Å². The molecule has 6 heteroatoms. The number of hydrogen-bond donors (Lipinski definition) is 3. The molecule has 6 nitrogen and oxygen atoms in total. The zero-order valence-corrected chi connectivity index (χ0v) is 16.9. The summed E-state index contributed by atoms with van der Waals surface area (Å²) in [5.41, 5.74) is 2.71. The average Bonchev–Trinajstić information content (AvgIpc) is 2.71. The number of ether oxygens (including phenoxy) is 1. The largest absolute Gasteiger partial charge is 0.494 e. The van der Waals surface area contributed by atoms with Gasteiger partial charge in [-0.1, -0.05) is 30.3 Å². The zero-order chi connectivity index (χ0) is 20.2. The fourth-order valence-electron chi connectivity index (χ4n) is 2.71. The molecule has 2 rings (SSSR count). The van der Waals surface area contributed by atoms with E-state index >= 15 is 0 Å². The highest BCUT2D eigenvalue weighted by molar-refractivity contribution is 5.94. The zero-order valence-electron chi connectivity index (χ0n) is 16.9. The predicted molar refractivity (Wildman–Crippen MR) is 114 cm³/mol. The van der Waals surface area contributed by atoms with Crippen LogP contribution in [-0.4, -0.2) is 31.6 Å². The van der Waals surface area contributed by atoms with E-state index in [1.54, 1.807) is 0 Å². The number of carbonyl (C=O) groups excluding carboxylic acids is 1.